The number of nitrogens with zero attached hydrogens (tertiary/aromatic N) is 1. The van der Waals surface area contributed by atoms with Crippen LogP contribution in [0.4, 0.5) is 5.69 Å². The molecule has 20 heavy (non-hydrogen) atoms. The summed E-state index contributed by atoms with van der Waals surface area (Å²) in [6.07, 6.45) is 4.69. The van der Waals surface area contributed by atoms with Crippen LogP contribution in [0, 0.1) is 0 Å². The Hall–Kier alpha value is -1.95. The number of hydrogen-bond donors (Lipinski definition) is 3. The van der Waals surface area contributed by atoms with E-state index in [0.29, 0.717) is 17.8 Å². The summed E-state index contributed by atoms with van der Waals surface area (Å²) < 4.78 is 10.5. The molecular formula is C14H22N4O2. The van der Waals surface area contributed by atoms with Crippen molar-refractivity contribution in [3.63, 3.8) is 0 Å². The second-order valence-corrected chi connectivity index (χ2v) is 4.75. The third kappa shape index (κ3) is 3.54. The zero-order valence-corrected chi connectivity index (χ0v) is 12.0. The van der Waals surface area contributed by atoms with Crippen LogP contribution in [0.2, 0.25) is 0 Å². The maximum Gasteiger partial charge on any atom is 0.210 e. The van der Waals surface area contributed by atoms with Crippen LogP contribution in [0.25, 0.3) is 0 Å². The number of rotatable bonds is 4. The zero-order chi connectivity index (χ0) is 14.4. The van der Waals surface area contributed by atoms with E-state index in [1.807, 2.05) is 18.2 Å². The quantitative estimate of drug-likeness (QED) is 0.339. The molecule has 0 atom stereocenters. The fourth-order valence-electron chi connectivity index (χ4n) is 2.36. The number of methoxy groups -OCH3 is 2. The lowest BCUT2D eigenvalue weighted by molar-refractivity contribution is 0.405. The zero-order valence-electron chi connectivity index (χ0n) is 12.0. The van der Waals surface area contributed by atoms with E-state index in [4.69, 9.17) is 15.3 Å². The highest BCUT2D eigenvalue weighted by Gasteiger charge is 2.15. The smallest absolute Gasteiger partial charge is 0.210 e. The third-order valence-electron chi connectivity index (χ3n) is 3.43. The van der Waals surface area contributed by atoms with Crippen LogP contribution in [-0.4, -0.2) is 26.2 Å². The summed E-state index contributed by atoms with van der Waals surface area (Å²) in [5, 5.41) is 3.16. The lowest BCUT2D eigenvalue weighted by atomic mass is 10.2. The molecule has 0 radical (unpaired) electrons. The van der Waals surface area contributed by atoms with Crippen molar-refractivity contribution in [3.8, 4) is 11.5 Å². The van der Waals surface area contributed by atoms with E-state index in [1.165, 1.54) is 12.8 Å². The molecule has 0 bridgehead atoms. The summed E-state index contributed by atoms with van der Waals surface area (Å²) in [4.78, 5) is 4.59. The number of hydrogen-bond acceptors (Lipinski definition) is 4. The molecule has 0 unspecified atom stereocenters. The van der Waals surface area contributed by atoms with Crippen molar-refractivity contribution in [3.05, 3.63) is 18.2 Å². The van der Waals surface area contributed by atoms with E-state index in [0.717, 1.165) is 24.3 Å². The molecule has 0 saturated heterocycles. The highest BCUT2D eigenvalue weighted by Crippen LogP contribution is 2.29. The van der Waals surface area contributed by atoms with Crippen molar-refractivity contribution >= 4 is 11.6 Å². The van der Waals surface area contributed by atoms with E-state index in [1.54, 1.807) is 14.2 Å². The van der Waals surface area contributed by atoms with Crippen LogP contribution >= 0.6 is 0 Å². The lowest BCUT2D eigenvalue weighted by Gasteiger charge is -2.15. The molecule has 1 aromatic carbocycles. The molecule has 1 aliphatic carbocycles. The summed E-state index contributed by atoms with van der Waals surface area (Å²) in [5.74, 6) is 7.54. The van der Waals surface area contributed by atoms with Crippen LogP contribution < -0.4 is 26.1 Å². The van der Waals surface area contributed by atoms with Gasteiger partial charge in [0.05, 0.1) is 25.9 Å². The maximum absolute atomic E-state index is 5.55. The number of benzene rings is 1. The van der Waals surface area contributed by atoms with Gasteiger partial charge in [0.25, 0.3) is 0 Å². The van der Waals surface area contributed by atoms with E-state index >= 15 is 0 Å². The molecule has 1 saturated carbocycles. The minimum absolute atomic E-state index is 0.338. The van der Waals surface area contributed by atoms with Gasteiger partial charge in [-0.1, -0.05) is 12.8 Å². The van der Waals surface area contributed by atoms with Gasteiger partial charge in [0.1, 0.15) is 11.5 Å². The van der Waals surface area contributed by atoms with E-state index in [2.05, 4.69) is 15.7 Å². The molecule has 4 N–H and O–H groups in total. The SMILES string of the molecule is COc1ccc(OC)c(NC(=NC2CCCC2)NN)c1. The number of ether oxygens (including phenoxy) is 2. The van der Waals surface area contributed by atoms with E-state index in [9.17, 15) is 0 Å². The van der Waals surface area contributed by atoms with Gasteiger partial charge < -0.3 is 14.8 Å². The Morgan fingerprint density at radius 1 is 1.25 bits per heavy atom. The van der Waals surface area contributed by atoms with Crippen LogP contribution in [0.5, 0.6) is 11.5 Å². The predicted molar refractivity (Wildman–Crippen MR) is 80.2 cm³/mol. The van der Waals surface area contributed by atoms with Gasteiger partial charge in [-0.3, -0.25) is 5.43 Å². The van der Waals surface area contributed by atoms with Crippen molar-refractivity contribution in [2.24, 2.45) is 10.8 Å². The topological polar surface area (TPSA) is 80.9 Å². The first-order valence-corrected chi connectivity index (χ1v) is 6.80. The summed E-state index contributed by atoms with van der Waals surface area (Å²) in [6, 6.07) is 5.86. The highest BCUT2D eigenvalue weighted by molar-refractivity contribution is 5.95. The Bertz CT molecular complexity index is 470. The van der Waals surface area contributed by atoms with Crippen LogP contribution in [0.3, 0.4) is 0 Å². The molecule has 0 amide bonds. The van der Waals surface area contributed by atoms with Crippen molar-refractivity contribution in [1.82, 2.24) is 5.43 Å². The first kappa shape index (κ1) is 14.5. The molecule has 1 aliphatic rings. The molecule has 0 heterocycles. The third-order valence-corrected chi connectivity index (χ3v) is 3.43. The maximum atomic E-state index is 5.55. The molecule has 6 nitrogen and oxygen atoms in total. The molecule has 1 aromatic rings. The Morgan fingerprint density at radius 2 is 2.00 bits per heavy atom. The Labute approximate surface area is 119 Å². The molecule has 0 aliphatic heterocycles. The average Bonchev–Trinajstić information content (AvgIpc) is 2.99. The first-order chi connectivity index (χ1) is 9.76. The van der Waals surface area contributed by atoms with Gasteiger partial charge in [0.2, 0.25) is 5.96 Å². The standard InChI is InChI=1S/C14H22N4O2/c1-19-11-7-8-13(20-2)12(9-11)17-14(18-15)16-10-5-3-4-6-10/h7-10H,3-6,15H2,1-2H3,(H2,16,17,18). The van der Waals surface area contributed by atoms with Crippen LogP contribution in [-0.2, 0) is 0 Å². The number of guanidine groups is 1. The summed E-state index contributed by atoms with van der Waals surface area (Å²) in [6.45, 7) is 0. The largest absolute Gasteiger partial charge is 0.497 e. The van der Waals surface area contributed by atoms with Gasteiger partial charge in [-0.15, -0.1) is 0 Å². The van der Waals surface area contributed by atoms with Gasteiger partial charge >= 0.3 is 0 Å². The average molecular weight is 278 g/mol. The van der Waals surface area contributed by atoms with Gasteiger partial charge in [0, 0.05) is 6.07 Å². The minimum atomic E-state index is 0.338. The first-order valence-electron chi connectivity index (χ1n) is 6.80. The number of hydrazine groups is 1. The molecule has 6 heteroatoms. The fraction of sp³-hybridized carbons (Fsp3) is 0.500. The highest BCUT2D eigenvalue weighted by atomic mass is 16.5. The molecule has 110 valence electrons. The van der Waals surface area contributed by atoms with Gasteiger partial charge in [0.15, 0.2) is 0 Å². The molecular weight excluding hydrogens is 256 g/mol. The van der Waals surface area contributed by atoms with Crippen molar-refractivity contribution < 1.29 is 9.47 Å². The lowest BCUT2D eigenvalue weighted by Crippen LogP contribution is -2.37. The van der Waals surface area contributed by atoms with Crippen LogP contribution in [0.15, 0.2) is 23.2 Å². The Balaban J connectivity index is 2.17. The predicted octanol–water partition coefficient (Wildman–Crippen LogP) is 1.88. The normalized spacial score (nSPS) is 16.1. The molecule has 1 fully saturated rings. The number of nitrogens with one attached hydrogen (secondary N) is 2. The van der Waals surface area contributed by atoms with Crippen molar-refractivity contribution in [1.29, 1.82) is 0 Å². The van der Waals surface area contributed by atoms with Gasteiger partial charge in [-0.25, -0.2) is 10.8 Å². The summed E-state index contributed by atoms with van der Waals surface area (Å²) in [5.41, 5.74) is 3.37. The van der Waals surface area contributed by atoms with E-state index in [-0.39, 0.29) is 0 Å². The van der Waals surface area contributed by atoms with Crippen LogP contribution in [0.1, 0.15) is 25.7 Å². The van der Waals surface area contributed by atoms with Crippen molar-refractivity contribution in [2.75, 3.05) is 19.5 Å². The number of anilines is 1. The molecule has 0 aromatic heterocycles. The molecule has 2 rings (SSSR count). The number of aliphatic imine (C=N–C) groups is 1. The Kier molecular flexibility index (Phi) is 5.06. The van der Waals surface area contributed by atoms with Gasteiger partial charge in [-0.05, 0) is 25.0 Å². The van der Waals surface area contributed by atoms with Gasteiger partial charge in [-0.2, -0.15) is 0 Å². The second-order valence-electron chi connectivity index (χ2n) is 4.75. The summed E-state index contributed by atoms with van der Waals surface area (Å²) >= 11 is 0. The number of nitrogens with two attached hydrogens (primary N) is 1. The van der Waals surface area contributed by atoms with E-state index < -0.39 is 0 Å². The minimum Gasteiger partial charge on any atom is -0.497 e. The van der Waals surface area contributed by atoms with Crippen molar-refractivity contribution in [2.45, 2.75) is 31.7 Å². The monoisotopic (exact) mass is 278 g/mol. The second kappa shape index (κ2) is 7.00. The summed E-state index contributed by atoms with van der Waals surface area (Å²) in [7, 11) is 3.25. The molecule has 0 spiro atoms. The fourth-order valence-corrected chi connectivity index (χ4v) is 2.36. The Morgan fingerprint density at radius 3 is 2.60 bits per heavy atom.